The summed E-state index contributed by atoms with van der Waals surface area (Å²) in [6.45, 7) is 3.07. The van der Waals surface area contributed by atoms with Gasteiger partial charge in [0.2, 0.25) is 0 Å². The maximum absolute atomic E-state index is 12.8. The van der Waals surface area contributed by atoms with Gasteiger partial charge in [0.25, 0.3) is 0 Å². The summed E-state index contributed by atoms with van der Waals surface area (Å²) >= 11 is 3.75. The van der Waals surface area contributed by atoms with E-state index in [1.165, 1.54) is 26.4 Å². The molecule has 0 radical (unpaired) electrons. The minimum atomic E-state index is -0.365. The number of fused-ring (bicyclic) bond motifs is 1. The second kappa shape index (κ2) is 7.87. The third kappa shape index (κ3) is 3.42. The fourth-order valence-electron chi connectivity index (χ4n) is 3.98. The summed E-state index contributed by atoms with van der Waals surface area (Å²) in [6, 6.07) is 16.2. The van der Waals surface area contributed by atoms with E-state index in [1.54, 1.807) is 4.57 Å². The largest absolute Gasteiger partial charge is 0.452 e. The summed E-state index contributed by atoms with van der Waals surface area (Å²) < 4.78 is 7.80. The van der Waals surface area contributed by atoms with Crippen molar-refractivity contribution in [3.63, 3.8) is 0 Å². The average molecular weight is 427 g/mol. The van der Waals surface area contributed by atoms with Gasteiger partial charge < -0.3 is 4.74 Å². The molecular weight excluding hydrogens is 404 g/mol. The van der Waals surface area contributed by atoms with Gasteiger partial charge in [-0.1, -0.05) is 55.0 Å². The zero-order valence-electron chi connectivity index (χ0n) is 15.5. The van der Waals surface area contributed by atoms with Crippen LogP contribution in [-0.4, -0.2) is 35.8 Å². The third-order valence-corrected chi connectivity index (χ3v) is 6.06. The summed E-state index contributed by atoms with van der Waals surface area (Å²) in [4.78, 5) is 15.3. The van der Waals surface area contributed by atoms with Gasteiger partial charge in [-0.05, 0) is 53.0 Å². The Morgan fingerprint density at radius 3 is 2.48 bits per heavy atom. The summed E-state index contributed by atoms with van der Waals surface area (Å²) in [7, 11) is 1.43. The fourth-order valence-corrected chi connectivity index (χ4v) is 4.71. The lowest BCUT2D eigenvalue weighted by atomic mass is 10.1. The molecule has 0 aliphatic carbocycles. The predicted molar refractivity (Wildman–Crippen MR) is 112 cm³/mol. The lowest BCUT2D eigenvalue weighted by molar-refractivity contribution is 0.174. The van der Waals surface area contributed by atoms with E-state index in [0.717, 1.165) is 51.8 Å². The number of hydrogen-bond acceptors (Lipinski definition) is 3. The van der Waals surface area contributed by atoms with E-state index < -0.39 is 0 Å². The highest BCUT2D eigenvalue weighted by Crippen LogP contribution is 2.39. The number of hydrogen-bond donors (Lipinski definition) is 0. The van der Waals surface area contributed by atoms with Crippen molar-refractivity contribution < 1.29 is 9.53 Å². The Bertz CT molecular complexity index is 959. The number of nitrogens with zero attached hydrogens (tertiary/aromatic N) is 2. The maximum atomic E-state index is 12.8. The highest BCUT2D eigenvalue weighted by molar-refractivity contribution is 9.10. The van der Waals surface area contributed by atoms with Gasteiger partial charge in [-0.3, -0.25) is 4.90 Å². The molecule has 0 atom stereocenters. The molecule has 2 aromatic carbocycles. The second-order valence-corrected chi connectivity index (χ2v) is 7.78. The van der Waals surface area contributed by atoms with E-state index in [-0.39, 0.29) is 6.09 Å². The van der Waals surface area contributed by atoms with Crippen LogP contribution in [0.3, 0.4) is 0 Å². The van der Waals surface area contributed by atoms with Gasteiger partial charge in [-0.25, -0.2) is 9.36 Å². The number of aromatic nitrogens is 1. The number of halogens is 1. The van der Waals surface area contributed by atoms with Crippen LogP contribution >= 0.6 is 15.9 Å². The van der Waals surface area contributed by atoms with Gasteiger partial charge in [0.1, 0.15) is 0 Å². The summed E-state index contributed by atoms with van der Waals surface area (Å²) in [5, 5.41) is 1.04. The Balaban J connectivity index is 1.92. The number of para-hydroxylation sites is 1. The van der Waals surface area contributed by atoms with E-state index >= 15 is 0 Å². The normalized spacial score (nSPS) is 15.2. The van der Waals surface area contributed by atoms with E-state index in [4.69, 9.17) is 4.74 Å². The van der Waals surface area contributed by atoms with E-state index in [2.05, 4.69) is 39.0 Å². The van der Waals surface area contributed by atoms with Crippen molar-refractivity contribution >= 4 is 32.9 Å². The molecule has 0 spiro atoms. The number of carbonyl (C=O) groups excluding carboxylic acids is 1. The molecule has 2 heterocycles. The van der Waals surface area contributed by atoms with Crippen LogP contribution < -0.4 is 0 Å². The minimum Gasteiger partial charge on any atom is -0.452 e. The molecule has 27 heavy (non-hydrogen) atoms. The van der Waals surface area contributed by atoms with Crippen LogP contribution in [0.15, 0.2) is 53.0 Å². The number of carbonyl (C=O) groups is 1. The molecule has 4 nitrogen and oxygen atoms in total. The fraction of sp³-hybridized carbons (Fsp3) is 0.318. The first-order valence-corrected chi connectivity index (χ1v) is 10.2. The highest BCUT2D eigenvalue weighted by Gasteiger charge is 2.24. The molecular formula is C22H23BrN2O2. The Morgan fingerprint density at radius 2 is 1.78 bits per heavy atom. The third-order valence-electron chi connectivity index (χ3n) is 5.26. The van der Waals surface area contributed by atoms with Gasteiger partial charge >= 0.3 is 6.09 Å². The standard InChI is InChI=1S/C22H23BrN2O2/c1-27-22(26)25-20-17(15-24-13-6-3-7-14-24)11-8-12-18(20)19(23)21(25)16-9-4-2-5-10-16/h2,4-5,8-12H,3,6-7,13-15H2,1H3. The van der Waals surface area contributed by atoms with Crippen LogP contribution in [0.5, 0.6) is 0 Å². The Hall–Kier alpha value is -2.11. The van der Waals surface area contributed by atoms with Crippen LogP contribution in [0.1, 0.15) is 24.8 Å². The van der Waals surface area contributed by atoms with Gasteiger partial charge in [0.15, 0.2) is 0 Å². The quantitative estimate of drug-likeness (QED) is 0.540. The molecule has 1 aromatic heterocycles. The molecule has 5 heteroatoms. The molecule has 4 rings (SSSR count). The first kappa shape index (κ1) is 18.3. The number of methoxy groups -OCH3 is 1. The molecule has 1 saturated heterocycles. The maximum Gasteiger partial charge on any atom is 0.418 e. The van der Waals surface area contributed by atoms with Crippen LogP contribution in [0, 0.1) is 0 Å². The Kier molecular flexibility index (Phi) is 5.32. The first-order chi connectivity index (χ1) is 13.2. The smallest absolute Gasteiger partial charge is 0.418 e. The van der Waals surface area contributed by atoms with Gasteiger partial charge in [-0.15, -0.1) is 0 Å². The van der Waals surface area contributed by atoms with E-state index in [1.807, 2.05) is 30.3 Å². The molecule has 0 bridgehead atoms. The molecule has 140 valence electrons. The molecule has 0 saturated carbocycles. The molecule has 0 amide bonds. The van der Waals surface area contributed by atoms with Crippen LogP contribution in [0.2, 0.25) is 0 Å². The highest BCUT2D eigenvalue weighted by atomic mass is 79.9. The number of likely N-dealkylation sites (tertiary alicyclic amines) is 1. The topological polar surface area (TPSA) is 34.5 Å². The number of benzene rings is 2. The first-order valence-electron chi connectivity index (χ1n) is 9.38. The minimum absolute atomic E-state index is 0.365. The SMILES string of the molecule is COC(=O)n1c(-c2ccccc2)c(Br)c2cccc(CN3CCCCC3)c21. The number of ether oxygens (including phenoxy) is 1. The van der Waals surface area contributed by atoms with E-state index in [9.17, 15) is 4.79 Å². The van der Waals surface area contributed by atoms with Crippen molar-refractivity contribution in [2.24, 2.45) is 0 Å². The molecule has 3 aromatic rings. The van der Waals surface area contributed by atoms with Crippen molar-refractivity contribution in [3.05, 3.63) is 58.6 Å². The van der Waals surface area contributed by atoms with Crippen molar-refractivity contribution in [2.45, 2.75) is 25.8 Å². The summed E-state index contributed by atoms with van der Waals surface area (Å²) in [6.07, 6.45) is 3.43. The zero-order chi connectivity index (χ0) is 18.8. The van der Waals surface area contributed by atoms with Crippen molar-refractivity contribution in [3.8, 4) is 11.3 Å². The van der Waals surface area contributed by atoms with Crippen LogP contribution in [0.25, 0.3) is 22.2 Å². The van der Waals surface area contributed by atoms with Crippen LogP contribution in [-0.2, 0) is 11.3 Å². The number of piperidine rings is 1. The second-order valence-electron chi connectivity index (χ2n) is 6.98. The predicted octanol–water partition coefficient (Wildman–Crippen LogP) is 5.67. The molecule has 0 N–H and O–H groups in total. The molecule has 1 aliphatic heterocycles. The lowest BCUT2D eigenvalue weighted by Gasteiger charge is -2.26. The average Bonchev–Trinajstić information content (AvgIpc) is 3.02. The lowest BCUT2D eigenvalue weighted by Crippen LogP contribution is -2.29. The van der Waals surface area contributed by atoms with Crippen molar-refractivity contribution in [1.82, 2.24) is 9.47 Å². The van der Waals surface area contributed by atoms with Crippen molar-refractivity contribution in [1.29, 1.82) is 0 Å². The van der Waals surface area contributed by atoms with Crippen molar-refractivity contribution in [2.75, 3.05) is 20.2 Å². The van der Waals surface area contributed by atoms with Gasteiger partial charge in [0.05, 0.1) is 22.8 Å². The molecule has 1 fully saturated rings. The molecule has 0 unspecified atom stereocenters. The summed E-state index contributed by atoms with van der Waals surface area (Å²) in [5.74, 6) is 0. The zero-order valence-corrected chi connectivity index (χ0v) is 17.0. The van der Waals surface area contributed by atoms with Gasteiger partial charge in [0, 0.05) is 11.9 Å². The Morgan fingerprint density at radius 1 is 1.04 bits per heavy atom. The Labute approximate surface area is 167 Å². The monoisotopic (exact) mass is 426 g/mol. The van der Waals surface area contributed by atoms with Gasteiger partial charge in [-0.2, -0.15) is 0 Å². The van der Waals surface area contributed by atoms with E-state index in [0.29, 0.717) is 0 Å². The summed E-state index contributed by atoms with van der Waals surface area (Å²) in [5.41, 5.74) is 3.90. The number of rotatable bonds is 3. The molecule has 1 aliphatic rings. The van der Waals surface area contributed by atoms with Crippen LogP contribution in [0.4, 0.5) is 4.79 Å².